The number of nitrogens with zero attached hydrogens (tertiary/aromatic N) is 1. The minimum atomic E-state index is -1.01. The highest BCUT2D eigenvalue weighted by molar-refractivity contribution is 5.94. The van der Waals surface area contributed by atoms with E-state index >= 15 is 0 Å². The molecule has 2 aliphatic rings. The van der Waals surface area contributed by atoms with E-state index in [9.17, 15) is 18.7 Å². The molecule has 2 aliphatic heterocycles. The van der Waals surface area contributed by atoms with Crippen LogP contribution >= 0.6 is 0 Å². The van der Waals surface area contributed by atoms with Crippen molar-refractivity contribution in [2.24, 2.45) is 5.73 Å². The van der Waals surface area contributed by atoms with E-state index in [0.717, 1.165) is 16.7 Å². The lowest BCUT2D eigenvalue weighted by molar-refractivity contribution is 0.135. The van der Waals surface area contributed by atoms with Crippen molar-refractivity contribution < 1.29 is 23.4 Å². The second kappa shape index (κ2) is 8.06. The molecule has 0 radical (unpaired) electrons. The first-order valence-corrected chi connectivity index (χ1v) is 9.58. The number of aliphatic hydroxyl groups excluding tert-OH is 1. The number of cyclic esters (lactones) is 1. The van der Waals surface area contributed by atoms with Crippen LogP contribution in [0.3, 0.4) is 0 Å². The number of alkyl halides is 1. The predicted octanol–water partition coefficient (Wildman–Crippen LogP) is 2.12. The standard InChI is InChI=1S/C21H23F2N3O3/c22-8-15(27)11-25-10-12-1-3-13(4-2-12)16-5-14-6-19-20(9-24)29-21(28)26(19)18(14)7-17(16)23/h1-5,7,15,19-20,25,27H,6,8-11,24H2/t15?,19-,20-/m0/s1. The highest BCUT2D eigenvalue weighted by Gasteiger charge is 2.47. The van der Waals surface area contributed by atoms with Gasteiger partial charge in [0.2, 0.25) is 0 Å². The van der Waals surface area contributed by atoms with E-state index < -0.39 is 24.7 Å². The molecule has 0 spiro atoms. The smallest absolute Gasteiger partial charge is 0.415 e. The number of carbonyl (C=O) groups excluding carboxylic acids is 1. The Morgan fingerprint density at radius 1 is 1.31 bits per heavy atom. The van der Waals surface area contributed by atoms with Crippen molar-refractivity contribution in [3.63, 3.8) is 0 Å². The lowest BCUT2D eigenvalue weighted by atomic mass is 9.98. The van der Waals surface area contributed by atoms with E-state index in [-0.39, 0.29) is 25.2 Å². The monoisotopic (exact) mass is 403 g/mol. The number of aliphatic hydroxyl groups is 1. The highest BCUT2D eigenvalue weighted by Crippen LogP contribution is 2.41. The van der Waals surface area contributed by atoms with Crippen molar-refractivity contribution in [2.45, 2.75) is 31.2 Å². The summed E-state index contributed by atoms with van der Waals surface area (Å²) in [4.78, 5) is 13.6. The van der Waals surface area contributed by atoms with Gasteiger partial charge in [-0.05, 0) is 35.2 Å². The van der Waals surface area contributed by atoms with Crippen LogP contribution < -0.4 is 16.0 Å². The Labute approximate surface area is 167 Å². The Morgan fingerprint density at radius 2 is 2.07 bits per heavy atom. The van der Waals surface area contributed by atoms with E-state index in [0.29, 0.717) is 24.2 Å². The Morgan fingerprint density at radius 3 is 2.76 bits per heavy atom. The maximum atomic E-state index is 14.8. The van der Waals surface area contributed by atoms with E-state index in [2.05, 4.69) is 5.32 Å². The maximum Gasteiger partial charge on any atom is 0.415 e. The summed E-state index contributed by atoms with van der Waals surface area (Å²) in [5.74, 6) is -0.412. The summed E-state index contributed by atoms with van der Waals surface area (Å²) in [5, 5.41) is 12.2. The van der Waals surface area contributed by atoms with E-state index in [1.54, 1.807) is 6.07 Å². The van der Waals surface area contributed by atoms with E-state index in [1.165, 1.54) is 11.0 Å². The van der Waals surface area contributed by atoms with Gasteiger partial charge in [-0.2, -0.15) is 0 Å². The number of ether oxygens (including phenoxy) is 1. The van der Waals surface area contributed by atoms with Crippen LogP contribution in [0.4, 0.5) is 19.3 Å². The fraction of sp³-hybridized carbons (Fsp3) is 0.381. The third kappa shape index (κ3) is 3.71. The predicted molar refractivity (Wildman–Crippen MR) is 105 cm³/mol. The van der Waals surface area contributed by atoms with Crippen molar-refractivity contribution in [3.8, 4) is 11.1 Å². The number of fused-ring (bicyclic) bond motifs is 3. The molecule has 0 bridgehead atoms. The second-order valence-electron chi connectivity index (χ2n) is 7.40. The van der Waals surface area contributed by atoms with Gasteiger partial charge in [0, 0.05) is 25.2 Å². The van der Waals surface area contributed by atoms with Crippen LogP contribution in [-0.2, 0) is 17.7 Å². The SMILES string of the molecule is NC[C@@H]1OC(=O)N2c3cc(F)c(-c4ccc(CNCC(O)CF)cc4)cc3C[C@@H]12. The van der Waals surface area contributed by atoms with Crippen molar-refractivity contribution in [1.82, 2.24) is 5.32 Å². The van der Waals surface area contributed by atoms with Crippen LogP contribution in [0.15, 0.2) is 36.4 Å². The van der Waals surface area contributed by atoms with Crippen LogP contribution in [0, 0.1) is 5.82 Å². The molecule has 1 fully saturated rings. The van der Waals surface area contributed by atoms with Crippen LogP contribution in [0.2, 0.25) is 0 Å². The number of amides is 1. The van der Waals surface area contributed by atoms with Crippen molar-refractivity contribution in [1.29, 1.82) is 0 Å². The largest absolute Gasteiger partial charge is 0.442 e. The average Bonchev–Trinajstić information content (AvgIpc) is 3.24. The summed E-state index contributed by atoms with van der Waals surface area (Å²) in [7, 11) is 0. The van der Waals surface area contributed by atoms with Gasteiger partial charge in [0.05, 0.1) is 17.8 Å². The quantitative estimate of drug-likeness (QED) is 0.659. The first-order chi connectivity index (χ1) is 14.0. The van der Waals surface area contributed by atoms with Crippen LogP contribution in [0.1, 0.15) is 11.1 Å². The minimum absolute atomic E-state index is 0.168. The molecule has 29 heavy (non-hydrogen) atoms. The van der Waals surface area contributed by atoms with Crippen molar-refractivity contribution in [2.75, 3.05) is 24.7 Å². The maximum absolute atomic E-state index is 14.8. The van der Waals surface area contributed by atoms with Gasteiger partial charge in [-0.1, -0.05) is 24.3 Å². The third-order valence-electron chi connectivity index (χ3n) is 5.45. The number of carbonyl (C=O) groups is 1. The minimum Gasteiger partial charge on any atom is -0.442 e. The summed E-state index contributed by atoms with van der Waals surface area (Å²) in [6, 6.07) is 10.3. The Bertz CT molecular complexity index is 907. The topological polar surface area (TPSA) is 87.8 Å². The molecule has 1 saturated heterocycles. The first-order valence-electron chi connectivity index (χ1n) is 9.58. The molecule has 1 unspecified atom stereocenters. The number of benzene rings is 2. The number of anilines is 1. The Hall–Kier alpha value is -2.55. The zero-order valence-electron chi connectivity index (χ0n) is 15.8. The van der Waals surface area contributed by atoms with Gasteiger partial charge in [0.1, 0.15) is 18.6 Å². The molecule has 6 nitrogen and oxygen atoms in total. The van der Waals surface area contributed by atoms with Gasteiger partial charge in [-0.25, -0.2) is 13.6 Å². The molecule has 2 aromatic carbocycles. The van der Waals surface area contributed by atoms with Gasteiger partial charge < -0.3 is 20.9 Å². The van der Waals surface area contributed by atoms with Gasteiger partial charge >= 0.3 is 6.09 Å². The molecule has 2 heterocycles. The Balaban J connectivity index is 1.52. The van der Waals surface area contributed by atoms with Gasteiger partial charge in [-0.3, -0.25) is 4.90 Å². The van der Waals surface area contributed by atoms with Crippen LogP contribution in [-0.4, -0.2) is 49.2 Å². The molecule has 154 valence electrons. The summed E-state index contributed by atoms with van der Waals surface area (Å²) < 4.78 is 32.4. The number of nitrogens with one attached hydrogen (secondary N) is 1. The first kappa shape index (κ1) is 19.8. The highest BCUT2D eigenvalue weighted by atomic mass is 19.1. The van der Waals surface area contributed by atoms with E-state index in [1.807, 2.05) is 24.3 Å². The summed E-state index contributed by atoms with van der Waals surface area (Å²) in [6.07, 6.45) is -1.30. The van der Waals surface area contributed by atoms with Crippen LogP contribution in [0.5, 0.6) is 0 Å². The summed E-state index contributed by atoms with van der Waals surface area (Å²) in [6.45, 7) is 0.0878. The zero-order valence-corrected chi connectivity index (χ0v) is 15.8. The molecular weight excluding hydrogens is 380 g/mol. The molecule has 3 atom stereocenters. The number of hydrogen-bond acceptors (Lipinski definition) is 5. The molecule has 2 aromatic rings. The number of rotatable bonds is 7. The summed E-state index contributed by atoms with van der Waals surface area (Å²) in [5.41, 5.74) is 9.27. The lowest BCUT2D eigenvalue weighted by Gasteiger charge is -2.15. The second-order valence-corrected chi connectivity index (χ2v) is 7.40. The van der Waals surface area contributed by atoms with Gasteiger partial charge in [0.15, 0.2) is 0 Å². The molecule has 0 aromatic heterocycles. The van der Waals surface area contributed by atoms with Gasteiger partial charge in [-0.15, -0.1) is 0 Å². The molecule has 0 saturated carbocycles. The number of nitrogens with two attached hydrogens (primary N) is 1. The summed E-state index contributed by atoms with van der Waals surface area (Å²) >= 11 is 0. The average molecular weight is 403 g/mol. The fourth-order valence-electron chi connectivity index (χ4n) is 3.95. The lowest BCUT2D eigenvalue weighted by Crippen LogP contribution is -2.37. The molecule has 8 heteroatoms. The van der Waals surface area contributed by atoms with E-state index in [4.69, 9.17) is 10.5 Å². The van der Waals surface area contributed by atoms with Crippen molar-refractivity contribution >= 4 is 11.8 Å². The number of halogens is 2. The third-order valence-corrected chi connectivity index (χ3v) is 5.45. The number of hydrogen-bond donors (Lipinski definition) is 3. The molecule has 4 rings (SSSR count). The molecule has 4 N–H and O–H groups in total. The molecular formula is C21H23F2N3O3. The van der Waals surface area contributed by atoms with Gasteiger partial charge in [0.25, 0.3) is 0 Å². The fourth-order valence-corrected chi connectivity index (χ4v) is 3.95. The molecule has 1 amide bonds. The Kier molecular flexibility index (Phi) is 5.49. The van der Waals surface area contributed by atoms with Crippen LogP contribution in [0.25, 0.3) is 11.1 Å². The molecule has 0 aliphatic carbocycles. The zero-order chi connectivity index (χ0) is 20.5. The van der Waals surface area contributed by atoms with Crippen molar-refractivity contribution in [3.05, 3.63) is 53.3 Å². The normalized spacial score (nSPS) is 21.1.